The number of nitrogens with one attached hydrogen (secondary N) is 1. The highest BCUT2D eigenvalue weighted by atomic mass is 35.5. The summed E-state index contributed by atoms with van der Waals surface area (Å²) < 4.78 is 18.8. The van der Waals surface area contributed by atoms with Crippen molar-refractivity contribution in [1.82, 2.24) is 0 Å². The van der Waals surface area contributed by atoms with E-state index in [4.69, 9.17) is 16.3 Å². The van der Waals surface area contributed by atoms with Gasteiger partial charge in [-0.05, 0) is 54.7 Å². The minimum Gasteiger partial charge on any atom is -0.497 e. The molecule has 1 aliphatic carbocycles. The van der Waals surface area contributed by atoms with Crippen LogP contribution in [-0.4, -0.2) is 13.2 Å². The topological polar surface area (TPSA) is 21.3 Å². The van der Waals surface area contributed by atoms with Gasteiger partial charge in [0.05, 0.1) is 12.8 Å². The van der Waals surface area contributed by atoms with Gasteiger partial charge in [0, 0.05) is 11.1 Å². The van der Waals surface area contributed by atoms with E-state index in [1.54, 1.807) is 19.2 Å². The molecule has 2 aromatic rings. The molecular weight excluding hydrogens is 289 g/mol. The van der Waals surface area contributed by atoms with Crippen LogP contribution in [0.25, 0.3) is 0 Å². The summed E-state index contributed by atoms with van der Waals surface area (Å²) in [6, 6.07) is 13.0. The van der Waals surface area contributed by atoms with Crippen LogP contribution < -0.4 is 10.1 Å². The highest BCUT2D eigenvalue weighted by Crippen LogP contribution is 2.39. The standard InChI is InChI=1S/C17H17ClFNO/c1-21-15-5-2-11(3-6-15)12-8-14(9-12)20-17-10-13(18)4-7-16(17)19/h2-7,10,12,14,20H,8-9H2,1H3. The van der Waals surface area contributed by atoms with E-state index < -0.39 is 0 Å². The van der Waals surface area contributed by atoms with Crippen LogP contribution in [0.3, 0.4) is 0 Å². The highest BCUT2D eigenvalue weighted by molar-refractivity contribution is 6.30. The van der Waals surface area contributed by atoms with Gasteiger partial charge in [-0.2, -0.15) is 0 Å². The molecular formula is C17H17ClFNO. The molecule has 0 radical (unpaired) electrons. The van der Waals surface area contributed by atoms with E-state index in [1.807, 2.05) is 12.1 Å². The summed E-state index contributed by atoms with van der Waals surface area (Å²) in [5.74, 6) is 1.14. The first-order valence-corrected chi connectivity index (χ1v) is 7.39. The predicted octanol–water partition coefficient (Wildman–Crippen LogP) is 4.85. The Morgan fingerprint density at radius 2 is 1.86 bits per heavy atom. The second-order valence-electron chi connectivity index (χ2n) is 5.41. The number of methoxy groups -OCH3 is 1. The van der Waals surface area contributed by atoms with Crippen molar-refractivity contribution in [1.29, 1.82) is 0 Å². The first kappa shape index (κ1) is 14.2. The molecule has 0 spiro atoms. The van der Waals surface area contributed by atoms with Crippen molar-refractivity contribution < 1.29 is 9.13 Å². The highest BCUT2D eigenvalue weighted by Gasteiger charge is 2.30. The fourth-order valence-electron chi connectivity index (χ4n) is 2.71. The van der Waals surface area contributed by atoms with Crippen LogP contribution in [0, 0.1) is 5.82 Å². The number of benzene rings is 2. The SMILES string of the molecule is COc1ccc(C2CC(Nc3cc(Cl)ccc3F)C2)cc1. The van der Waals surface area contributed by atoms with E-state index in [9.17, 15) is 4.39 Å². The molecule has 0 aliphatic heterocycles. The zero-order chi connectivity index (χ0) is 14.8. The van der Waals surface area contributed by atoms with Crippen LogP contribution in [0.5, 0.6) is 5.75 Å². The van der Waals surface area contributed by atoms with Gasteiger partial charge in [0.25, 0.3) is 0 Å². The largest absolute Gasteiger partial charge is 0.497 e. The van der Waals surface area contributed by atoms with Crippen LogP contribution in [0.2, 0.25) is 5.02 Å². The molecule has 1 fully saturated rings. The first-order valence-electron chi connectivity index (χ1n) is 7.01. The van der Waals surface area contributed by atoms with Gasteiger partial charge < -0.3 is 10.1 Å². The summed E-state index contributed by atoms with van der Waals surface area (Å²) in [6.07, 6.45) is 2.00. The van der Waals surface area contributed by atoms with Crippen LogP contribution >= 0.6 is 11.6 Å². The molecule has 21 heavy (non-hydrogen) atoms. The lowest BCUT2D eigenvalue weighted by Crippen LogP contribution is -2.34. The predicted molar refractivity (Wildman–Crippen MR) is 83.8 cm³/mol. The van der Waals surface area contributed by atoms with Gasteiger partial charge >= 0.3 is 0 Å². The fourth-order valence-corrected chi connectivity index (χ4v) is 2.88. The second-order valence-corrected chi connectivity index (χ2v) is 5.84. The Morgan fingerprint density at radius 1 is 1.14 bits per heavy atom. The molecule has 0 unspecified atom stereocenters. The van der Waals surface area contributed by atoms with Crippen molar-refractivity contribution in [3.05, 3.63) is 58.9 Å². The normalized spacial score (nSPS) is 20.7. The summed E-state index contributed by atoms with van der Waals surface area (Å²) in [7, 11) is 1.66. The molecule has 2 nitrogen and oxygen atoms in total. The lowest BCUT2D eigenvalue weighted by atomic mass is 9.76. The van der Waals surface area contributed by atoms with Crippen LogP contribution in [0.1, 0.15) is 24.3 Å². The van der Waals surface area contributed by atoms with Crippen molar-refractivity contribution in [2.45, 2.75) is 24.8 Å². The van der Waals surface area contributed by atoms with Crippen LogP contribution in [0.15, 0.2) is 42.5 Å². The van der Waals surface area contributed by atoms with E-state index in [2.05, 4.69) is 17.4 Å². The summed E-state index contributed by atoms with van der Waals surface area (Å²) >= 11 is 5.90. The lowest BCUT2D eigenvalue weighted by molar-refractivity contribution is 0.372. The number of halogens is 2. The van der Waals surface area contributed by atoms with E-state index >= 15 is 0 Å². The van der Waals surface area contributed by atoms with Crippen molar-refractivity contribution in [2.75, 3.05) is 12.4 Å². The van der Waals surface area contributed by atoms with E-state index in [1.165, 1.54) is 11.6 Å². The van der Waals surface area contributed by atoms with Gasteiger partial charge in [-0.15, -0.1) is 0 Å². The third kappa shape index (κ3) is 3.13. The van der Waals surface area contributed by atoms with Crippen molar-refractivity contribution in [2.24, 2.45) is 0 Å². The average Bonchev–Trinajstić information content (AvgIpc) is 2.46. The third-order valence-electron chi connectivity index (χ3n) is 4.01. The smallest absolute Gasteiger partial charge is 0.146 e. The molecule has 0 aromatic heterocycles. The van der Waals surface area contributed by atoms with Crippen LogP contribution in [0.4, 0.5) is 10.1 Å². The maximum Gasteiger partial charge on any atom is 0.146 e. The zero-order valence-electron chi connectivity index (χ0n) is 11.8. The minimum absolute atomic E-state index is 0.257. The molecule has 1 aliphatic rings. The van der Waals surface area contributed by atoms with Crippen molar-refractivity contribution in [3.8, 4) is 5.75 Å². The van der Waals surface area contributed by atoms with E-state index in [0.29, 0.717) is 22.7 Å². The van der Waals surface area contributed by atoms with E-state index in [-0.39, 0.29) is 5.82 Å². The Morgan fingerprint density at radius 3 is 2.52 bits per heavy atom. The molecule has 3 rings (SSSR count). The molecule has 0 heterocycles. The Hall–Kier alpha value is -1.74. The molecule has 4 heteroatoms. The monoisotopic (exact) mass is 305 g/mol. The van der Waals surface area contributed by atoms with Gasteiger partial charge in [0.2, 0.25) is 0 Å². The summed E-state index contributed by atoms with van der Waals surface area (Å²) in [4.78, 5) is 0. The molecule has 0 amide bonds. The Balaban J connectivity index is 1.59. The maximum atomic E-state index is 13.7. The minimum atomic E-state index is -0.257. The molecule has 110 valence electrons. The van der Waals surface area contributed by atoms with Crippen LogP contribution in [-0.2, 0) is 0 Å². The number of hydrogen-bond donors (Lipinski definition) is 1. The van der Waals surface area contributed by atoms with E-state index in [0.717, 1.165) is 18.6 Å². The second kappa shape index (κ2) is 5.94. The fraction of sp³-hybridized carbons (Fsp3) is 0.294. The van der Waals surface area contributed by atoms with Gasteiger partial charge in [0.15, 0.2) is 0 Å². The molecule has 0 bridgehead atoms. The lowest BCUT2D eigenvalue weighted by Gasteiger charge is -2.37. The molecule has 0 atom stereocenters. The third-order valence-corrected chi connectivity index (χ3v) is 4.25. The zero-order valence-corrected chi connectivity index (χ0v) is 12.5. The number of hydrogen-bond acceptors (Lipinski definition) is 2. The quantitative estimate of drug-likeness (QED) is 0.872. The van der Waals surface area contributed by atoms with Crippen molar-refractivity contribution in [3.63, 3.8) is 0 Å². The van der Waals surface area contributed by atoms with Gasteiger partial charge in [-0.1, -0.05) is 23.7 Å². The number of ether oxygens (including phenoxy) is 1. The number of rotatable bonds is 4. The van der Waals surface area contributed by atoms with Gasteiger partial charge in [-0.25, -0.2) is 4.39 Å². The Bertz CT molecular complexity index is 623. The molecule has 1 N–H and O–H groups in total. The maximum absolute atomic E-state index is 13.7. The van der Waals surface area contributed by atoms with Gasteiger partial charge in [0.1, 0.15) is 11.6 Å². The number of anilines is 1. The van der Waals surface area contributed by atoms with Crippen molar-refractivity contribution >= 4 is 17.3 Å². The Kier molecular flexibility index (Phi) is 4.02. The molecule has 0 saturated heterocycles. The first-order chi connectivity index (χ1) is 10.2. The summed E-state index contributed by atoms with van der Waals surface area (Å²) in [6.45, 7) is 0. The average molecular weight is 306 g/mol. The van der Waals surface area contributed by atoms with Gasteiger partial charge in [-0.3, -0.25) is 0 Å². The molecule has 1 saturated carbocycles. The Labute approximate surface area is 128 Å². The molecule has 2 aromatic carbocycles. The summed E-state index contributed by atoms with van der Waals surface area (Å²) in [5, 5.41) is 3.77. The summed E-state index contributed by atoms with van der Waals surface area (Å²) in [5.41, 5.74) is 1.79.